The van der Waals surface area contributed by atoms with Crippen LogP contribution in [0.1, 0.15) is 38.5 Å². The summed E-state index contributed by atoms with van der Waals surface area (Å²) in [6.07, 6.45) is 1.93. The quantitative estimate of drug-likeness (QED) is 0.384. The Morgan fingerprint density at radius 2 is 1.48 bits per heavy atom. The van der Waals surface area contributed by atoms with Gasteiger partial charge in [0, 0.05) is 46.6 Å². The number of carbonyl (C=O) groups is 3. The fourth-order valence-corrected chi connectivity index (χ4v) is 2.89. The van der Waals surface area contributed by atoms with Gasteiger partial charge in [-0.05, 0) is 25.8 Å². The van der Waals surface area contributed by atoms with Crippen LogP contribution in [0.2, 0.25) is 0 Å². The largest absolute Gasteiger partial charge is 0.462 e. The maximum absolute atomic E-state index is 12.2. The number of rotatable bonds is 15. The number of hydrogen-bond donors (Lipinski definition) is 0. The van der Waals surface area contributed by atoms with Crippen molar-refractivity contribution in [3.05, 3.63) is 0 Å². The highest BCUT2D eigenvalue weighted by atomic mass is 16.5. The Labute approximate surface area is 161 Å². The molecule has 8 heteroatoms. The number of esters is 1. The molecule has 0 aromatic rings. The lowest BCUT2D eigenvalue weighted by Gasteiger charge is -2.26. The molecular weight excluding hydrogens is 354 g/mol. The first-order valence-corrected chi connectivity index (χ1v) is 9.56. The van der Waals surface area contributed by atoms with Gasteiger partial charge in [-0.25, -0.2) is 0 Å². The zero-order valence-electron chi connectivity index (χ0n) is 16.6. The van der Waals surface area contributed by atoms with Crippen LogP contribution in [0.4, 0.5) is 0 Å². The smallest absolute Gasteiger partial charge is 0.306 e. The molecule has 0 aromatic carbocycles. The van der Waals surface area contributed by atoms with Crippen LogP contribution in [-0.2, 0) is 33.3 Å². The molecule has 0 aliphatic carbocycles. The summed E-state index contributed by atoms with van der Waals surface area (Å²) in [6, 6.07) is 0. The Hall–Kier alpha value is -1.35. The van der Waals surface area contributed by atoms with Crippen molar-refractivity contribution in [3.8, 4) is 0 Å². The topological polar surface area (TPSA) is 91.4 Å². The fraction of sp³-hybridized carbons (Fsp3) is 0.842. The third kappa shape index (κ3) is 11.9. The number of nitrogens with zero attached hydrogens (tertiary/aromatic N) is 1. The molecule has 0 amide bonds. The maximum Gasteiger partial charge on any atom is 0.306 e. The van der Waals surface area contributed by atoms with Gasteiger partial charge in [0.15, 0.2) is 11.6 Å². The molecule has 156 valence electrons. The molecule has 0 atom stereocenters. The number of methoxy groups -OCH3 is 2. The molecule has 1 heterocycles. The van der Waals surface area contributed by atoms with Crippen LogP contribution in [0, 0.1) is 0 Å². The lowest BCUT2D eigenvalue weighted by molar-refractivity contribution is -0.151. The summed E-state index contributed by atoms with van der Waals surface area (Å²) in [5.74, 6) is -0.380. The van der Waals surface area contributed by atoms with E-state index in [-0.39, 0.29) is 43.6 Å². The number of carbonyl (C=O) groups excluding carboxylic acids is 3. The van der Waals surface area contributed by atoms with Gasteiger partial charge >= 0.3 is 5.97 Å². The summed E-state index contributed by atoms with van der Waals surface area (Å²) in [5, 5.41) is 0. The van der Waals surface area contributed by atoms with Crippen molar-refractivity contribution in [2.24, 2.45) is 0 Å². The third-order valence-electron chi connectivity index (χ3n) is 4.36. The van der Waals surface area contributed by atoms with Crippen molar-refractivity contribution in [3.63, 3.8) is 0 Å². The monoisotopic (exact) mass is 387 g/mol. The van der Waals surface area contributed by atoms with Crippen molar-refractivity contribution >= 4 is 17.5 Å². The number of Topliss-reactive ketones (excluding diaryl/α,β-unsaturated/α-hetero) is 2. The molecule has 0 spiro atoms. The van der Waals surface area contributed by atoms with E-state index in [1.165, 1.54) is 14.2 Å². The summed E-state index contributed by atoms with van der Waals surface area (Å²) in [4.78, 5) is 37.7. The van der Waals surface area contributed by atoms with Crippen LogP contribution in [0.15, 0.2) is 0 Å². The SMILES string of the molecule is COCC(=O)CCC(CCC(=O)COC)OC(=O)CCCN1CCOCC1. The molecule has 0 radical (unpaired) electrons. The van der Waals surface area contributed by atoms with Crippen molar-refractivity contribution in [2.45, 2.75) is 44.6 Å². The fourth-order valence-electron chi connectivity index (χ4n) is 2.89. The standard InChI is InChI=1S/C19H33NO7/c1-24-14-16(21)5-7-18(8-6-17(22)15-25-2)27-19(23)4-3-9-20-10-12-26-13-11-20/h18H,3-15H2,1-2H3. The van der Waals surface area contributed by atoms with E-state index >= 15 is 0 Å². The molecular formula is C19H33NO7. The van der Waals surface area contributed by atoms with Gasteiger partial charge in [0.2, 0.25) is 0 Å². The average molecular weight is 387 g/mol. The first kappa shape index (κ1) is 23.7. The Morgan fingerprint density at radius 3 is 2.00 bits per heavy atom. The minimum absolute atomic E-state index is 0.0445. The Kier molecular flexibility index (Phi) is 12.9. The van der Waals surface area contributed by atoms with Gasteiger partial charge in [-0.3, -0.25) is 19.3 Å². The second-order valence-corrected chi connectivity index (χ2v) is 6.69. The summed E-state index contributed by atoms with van der Waals surface area (Å²) in [7, 11) is 2.93. The summed E-state index contributed by atoms with van der Waals surface area (Å²) in [5.41, 5.74) is 0. The van der Waals surface area contributed by atoms with E-state index in [2.05, 4.69) is 4.90 Å². The second-order valence-electron chi connectivity index (χ2n) is 6.69. The summed E-state index contributed by atoms with van der Waals surface area (Å²) < 4.78 is 20.5. The molecule has 1 fully saturated rings. The van der Waals surface area contributed by atoms with E-state index in [1.807, 2.05) is 0 Å². The van der Waals surface area contributed by atoms with Crippen molar-refractivity contribution in [2.75, 3.05) is 60.3 Å². The van der Waals surface area contributed by atoms with Gasteiger partial charge in [0.1, 0.15) is 19.3 Å². The van der Waals surface area contributed by atoms with Gasteiger partial charge in [0.25, 0.3) is 0 Å². The Morgan fingerprint density at radius 1 is 0.926 bits per heavy atom. The van der Waals surface area contributed by atoms with Crippen LogP contribution >= 0.6 is 0 Å². The molecule has 8 nitrogen and oxygen atoms in total. The van der Waals surface area contributed by atoms with Gasteiger partial charge < -0.3 is 18.9 Å². The summed E-state index contributed by atoms with van der Waals surface area (Å²) in [6.45, 7) is 4.17. The predicted molar refractivity (Wildman–Crippen MR) is 98.6 cm³/mol. The second kappa shape index (κ2) is 14.7. The zero-order valence-corrected chi connectivity index (χ0v) is 16.6. The molecule has 0 bridgehead atoms. The van der Waals surface area contributed by atoms with Crippen molar-refractivity contribution in [1.29, 1.82) is 0 Å². The van der Waals surface area contributed by atoms with Crippen molar-refractivity contribution in [1.82, 2.24) is 4.90 Å². The van der Waals surface area contributed by atoms with Gasteiger partial charge in [0.05, 0.1) is 13.2 Å². The average Bonchev–Trinajstić information content (AvgIpc) is 2.65. The molecule has 1 saturated heterocycles. The molecule has 27 heavy (non-hydrogen) atoms. The van der Waals surface area contributed by atoms with Crippen LogP contribution in [0.5, 0.6) is 0 Å². The number of morpholine rings is 1. The summed E-state index contributed by atoms with van der Waals surface area (Å²) >= 11 is 0. The third-order valence-corrected chi connectivity index (χ3v) is 4.36. The Balaban J connectivity index is 2.35. The lowest BCUT2D eigenvalue weighted by atomic mass is 10.0. The highest BCUT2D eigenvalue weighted by Gasteiger charge is 2.18. The van der Waals surface area contributed by atoms with E-state index in [4.69, 9.17) is 18.9 Å². The van der Waals surface area contributed by atoms with Crippen LogP contribution in [-0.4, -0.2) is 88.8 Å². The highest BCUT2D eigenvalue weighted by Crippen LogP contribution is 2.13. The van der Waals surface area contributed by atoms with E-state index < -0.39 is 6.10 Å². The molecule has 0 unspecified atom stereocenters. The lowest BCUT2D eigenvalue weighted by Crippen LogP contribution is -2.37. The highest BCUT2D eigenvalue weighted by molar-refractivity contribution is 5.80. The van der Waals surface area contributed by atoms with Crippen molar-refractivity contribution < 1.29 is 33.3 Å². The van der Waals surface area contributed by atoms with Gasteiger partial charge in [-0.1, -0.05) is 0 Å². The van der Waals surface area contributed by atoms with E-state index in [0.717, 1.165) is 39.3 Å². The molecule has 0 aromatic heterocycles. The van der Waals surface area contributed by atoms with E-state index in [1.54, 1.807) is 0 Å². The normalized spacial score (nSPS) is 15.1. The minimum atomic E-state index is -0.442. The Bertz CT molecular complexity index is 427. The van der Waals surface area contributed by atoms with Crippen LogP contribution in [0.3, 0.4) is 0 Å². The van der Waals surface area contributed by atoms with Crippen LogP contribution in [0.25, 0.3) is 0 Å². The number of hydrogen-bond acceptors (Lipinski definition) is 8. The predicted octanol–water partition coefficient (Wildman–Crippen LogP) is 1.00. The molecule has 1 rings (SSSR count). The van der Waals surface area contributed by atoms with Gasteiger partial charge in [-0.2, -0.15) is 0 Å². The molecule has 0 saturated carbocycles. The molecule has 1 aliphatic rings. The number of ether oxygens (including phenoxy) is 4. The zero-order chi connectivity index (χ0) is 19.9. The molecule has 1 aliphatic heterocycles. The van der Waals surface area contributed by atoms with E-state index in [0.29, 0.717) is 19.3 Å². The minimum Gasteiger partial charge on any atom is -0.462 e. The van der Waals surface area contributed by atoms with Crippen LogP contribution < -0.4 is 0 Å². The van der Waals surface area contributed by atoms with E-state index in [9.17, 15) is 14.4 Å². The maximum atomic E-state index is 12.2. The molecule has 0 N–H and O–H groups in total. The van der Waals surface area contributed by atoms with Gasteiger partial charge in [-0.15, -0.1) is 0 Å². The first-order chi connectivity index (χ1) is 13.0. The number of ketones is 2. The first-order valence-electron chi connectivity index (χ1n) is 9.56.